The van der Waals surface area contributed by atoms with E-state index in [1.807, 2.05) is 0 Å². The molecule has 6 N–H and O–H groups in total. The second kappa shape index (κ2) is 11.1. The van der Waals surface area contributed by atoms with Crippen LogP contribution < -0.4 is 10.5 Å². The number of carbonyl (C=O) groups excluding carboxylic acids is 3. The molecular formula is C30H41N3O8. The second-order valence-corrected chi connectivity index (χ2v) is 12.0. The topological polar surface area (TPSA) is 174 Å². The largest absolute Gasteiger partial charge is 0.510 e. The number of primary amides is 1. The number of fused-ring (bicyclic) bond motifs is 3. The summed E-state index contributed by atoms with van der Waals surface area (Å²) in [6.07, 6.45) is 1.20. The van der Waals surface area contributed by atoms with E-state index < -0.39 is 58.0 Å². The lowest BCUT2D eigenvalue weighted by atomic mass is 9.58. The summed E-state index contributed by atoms with van der Waals surface area (Å²) in [6, 6.07) is 0.451. The van der Waals surface area contributed by atoms with Crippen LogP contribution in [0.1, 0.15) is 55.1 Å². The lowest BCUT2D eigenvalue weighted by Gasteiger charge is -2.50. The molecule has 1 aromatic carbocycles. The smallest absolute Gasteiger partial charge is 0.255 e. The molecule has 3 aliphatic carbocycles. The molecule has 0 unspecified atom stereocenters. The zero-order chi connectivity index (χ0) is 30.5. The molecule has 41 heavy (non-hydrogen) atoms. The van der Waals surface area contributed by atoms with Gasteiger partial charge in [-0.2, -0.15) is 0 Å². The molecule has 1 amide bonds. The van der Waals surface area contributed by atoms with Crippen molar-refractivity contribution in [1.82, 2.24) is 9.80 Å². The maximum absolute atomic E-state index is 13.9. The normalized spacial score (nSPS) is 26.0. The number of Topliss-reactive ketones (excluding diaryl/α,β-unsaturated/α-hetero) is 2. The number of aliphatic hydroxyl groups is 3. The third-order valence-corrected chi connectivity index (χ3v) is 8.82. The fourth-order valence-corrected chi connectivity index (χ4v) is 6.77. The molecule has 0 spiro atoms. The van der Waals surface area contributed by atoms with Gasteiger partial charge < -0.3 is 30.9 Å². The Labute approximate surface area is 239 Å². The number of phenolic OH excluding ortho intramolecular Hbond substituents is 1. The number of phenols is 1. The van der Waals surface area contributed by atoms with Crippen molar-refractivity contribution in [2.24, 2.45) is 23.5 Å². The SMILES string of the molecule is CCN(CCC(C)C)Cc1cc(O)c2c(c1OC)C[C@H]1C[C@H]3[C@H](N(C)C)C(O)=C(C(N)=O)C(=O)[C@@]3(O)C(O)=C1C2=O. The Bertz CT molecular complexity index is 1350. The third kappa shape index (κ3) is 4.79. The maximum Gasteiger partial charge on any atom is 0.255 e. The molecule has 11 heteroatoms. The van der Waals surface area contributed by atoms with E-state index in [1.165, 1.54) is 18.1 Å². The van der Waals surface area contributed by atoms with Gasteiger partial charge in [0.2, 0.25) is 5.78 Å². The summed E-state index contributed by atoms with van der Waals surface area (Å²) in [4.78, 5) is 43.2. The minimum absolute atomic E-state index is 0.0232. The van der Waals surface area contributed by atoms with Gasteiger partial charge >= 0.3 is 0 Å². The molecule has 4 rings (SSSR count). The number of rotatable bonds is 9. The van der Waals surface area contributed by atoms with Gasteiger partial charge in [0, 0.05) is 29.2 Å². The van der Waals surface area contributed by atoms with Crippen molar-refractivity contribution in [2.75, 3.05) is 34.3 Å². The molecular weight excluding hydrogens is 530 g/mol. The molecule has 0 saturated carbocycles. The minimum Gasteiger partial charge on any atom is -0.510 e. The quantitative estimate of drug-likeness (QED) is 0.276. The predicted octanol–water partition coefficient (Wildman–Crippen LogP) is 2.00. The Morgan fingerprint density at radius 3 is 2.41 bits per heavy atom. The van der Waals surface area contributed by atoms with Crippen LogP contribution in [0.15, 0.2) is 28.7 Å². The molecule has 0 aromatic heterocycles. The highest BCUT2D eigenvalue weighted by Gasteiger charge is 2.63. The van der Waals surface area contributed by atoms with Crippen LogP contribution in [0.2, 0.25) is 0 Å². The van der Waals surface area contributed by atoms with E-state index in [1.54, 1.807) is 14.1 Å². The van der Waals surface area contributed by atoms with Crippen molar-refractivity contribution in [3.05, 3.63) is 45.4 Å². The fourth-order valence-electron chi connectivity index (χ4n) is 6.77. The second-order valence-electron chi connectivity index (χ2n) is 12.0. The van der Waals surface area contributed by atoms with Crippen LogP contribution in [0.3, 0.4) is 0 Å². The van der Waals surface area contributed by atoms with Gasteiger partial charge in [-0.05, 0) is 64.3 Å². The summed E-state index contributed by atoms with van der Waals surface area (Å²) in [7, 11) is 4.70. The van der Waals surface area contributed by atoms with Gasteiger partial charge in [0.05, 0.1) is 18.7 Å². The number of amides is 1. The van der Waals surface area contributed by atoms with Crippen LogP contribution in [0, 0.1) is 17.8 Å². The summed E-state index contributed by atoms with van der Waals surface area (Å²) in [5.74, 6) is -5.76. The summed E-state index contributed by atoms with van der Waals surface area (Å²) < 4.78 is 5.81. The summed E-state index contributed by atoms with van der Waals surface area (Å²) in [5.41, 5.74) is 2.84. The van der Waals surface area contributed by atoms with Crippen molar-refractivity contribution in [2.45, 2.75) is 58.2 Å². The number of ether oxygens (including phenoxy) is 1. The average Bonchev–Trinajstić information content (AvgIpc) is 2.88. The number of carbonyl (C=O) groups is 3. The summed E-state index contributed by atoms with van der Waals surface area (Å²) >= 11 is 0. The molecule has 0 fully saturated rings. The molecule has 0 bridgehead atoms. The third-order valence-electron chi connectivity index (χ3n) is 8.82. The Hall–Kier alpha value is -3.41. The zero-order valence-corrected chi connectivity index (χ0v) is 24.5. The average molecular weight is 572 g/mol. The number of benzene rings is 1. The van der Waals surface area contributed by atoms with Crippen LogP contribution in [0.4, 0.5) is 0 Å². The van der Waals surface area contributed by atoms with Gasteiger partial charge in [-0.25, -0.2) is 0 Å². The number of nitrogens with zero attached hydrogens (tertiary/aromatic N) is 2. The van der Waals surface area contributed by atoms with E-state index in [0.29, 0.717) is 23.8 Å². The van der Waals surface area contributed by atoms with Crippen molar-refractivity contribution in [3.63, 3.8) is 0 Å². The van der Waals surface area contributed by atoms with Crippen molar-refractivity contribution >= 4 is 17.5 Å². The number of aromatic hydroxyl groups is 1. The van der Waals surface area contributed by atoms with Gasteiger partial charge in [-0.15, -0.1) is 0 Å². The Morgan fingerprint density at radius 2 is 1.88 bits per heavy atom. The first-order valence-corrected chi connectivity index (χ1v) is 14.0. The molecule has 1 aromatic rings. The standard InChI is InChI=1S/C30H41N3O8/c1-7-33(9-8-14(2)3)13-16-12-19(34)21-17(26(16)41-6)10-15-11-18-23(32(4)5)25(36)22(29(31)39)28(38)30(18,40)27(37)20(15)24(21)35/h12,14-15,18,23,34,36-37,40H,7-11,13H2,1-6H3,(H2,31,39)/t15-,18-,23-,30-/m0/s1. The van der Waals surface area contributed by atoms with Gasteiger partial charge in [0.1, 0.15) is 28.6 Å². The Balaban J connectivity index is 1.85. The Kier molecular flexibility index (Phi) is 8.28. The first-order valence-electron chi connectivity index (χ1n) is 14.0. The highest BCUT2D eigenvalue weighted by Crippen LogP contribution is 2.53. The minimum atomic E-state index is -2.66. The van der Waals surface area contributed by atoms with Crippen molar-refractivity contribution in [1.29, 1.82) is 0 Å². The molecule has 224 valence electrons. The summed E-state index contributed by atoms with van der Waals surface area (Å²) in [5, 5.41) is 45.2. The Morgan fingerprint density at radius 1 is 1.22 bits per heavy atom. The molecule has 3 aliphatic rings. The van der Waals surface area contributed by atoms with Crippen LogP contribution >= 0.6 is 0 Å². The van der Waals surface area contributed by atoms with E-state index in [9.17, 15) is 34.8 Å². The number of ketones is 2. The van der Waals surface area contributed by atoms with Gasteiger partial charge in [0.25, 0.3) is 5.91 Å². The van der Waals surface area contributed by atoms with Crippen LogP contribution in [-0.2, 0) is 22.6 Å². The highest BCUT2D eigenvalue weighted by atomic mass is 16.5. The molecule has 0 aliphatic heterocycles. The highest BCUT2D eigenvalue weighted by molar-refractivity contribution is 6.24. The number of aliphatic hydroxyl groups excluding tert-OH is 2. The molecule has 4 atom stereocenters. The van der Waals surface area contributed by atoms with E-state index >= 15 is 0 Å². The van der Waals surface area contributed by atoms with Gasteiger partial charge in [-0.1, -0.05) is 20.8 Å². The molecule has 11 nitrogen and oxygen atoms in total. The zero-order valence-electron chi connectivity index (χ0n) is 24.5. The number of hydrogen-bond donors (Lipinski definition) is 5. The molecule has 0 radical (unpaired) electrons. The van der Waals surface area contributed by atoms with Gasteiger partial charge in [-0.3, -0.25) is 24.2 Å². The van der Waals surface area contributed by atoms with E-state index in [-0.39, 0.29) is 29.7 Å². The fraction of sp³-hybridized carbons (Fsp3) is 0.567. The number of nitrogens with two attached hydrogens (primary N) is 1. The van der Waals surface area contributed by atoms with Crippen LogP contribution in [-0.4, -0.2) is 93.6 Å². The summed E-state index contributed by atoms with van der Waals surface area (Å²) in [6.45, 7) is 8.48. The first-order chi connectivity index (χ1) is 19.2. The lowest BCUT2D eigenvalue weighted by Crippen LogP contribution is -2.63. The van der Waals surface area contributed by atoms with E-state index in [0.717, 1.165) is 25.1 Å². The molecule has 0 saturated heterocycles. The van der Waals surface area contributed by atoms with Crippen molar-refractivity contribution in [3.8, 4) is 11.5 Å². The van der Waals surface area contributed by atoms with E-state index in [2.05, 4.69) is 25.7 Å². The number of allylic oxidation sites excluding steroid dienone is 1. The maximum atomic E-state index is 13.9. The number of methoxy groups -OCH3 is 1. The number of likely N-dealkylation sites (N-methyl/N-ethyl adjacent to an activating group) is 1. The van der Waals surface area contributed by atoms with Gasteiger partial charge in [0.15, 0.2) is 11.4 Å². The van der Waals surface area contributed by atoms with Crippen LogP contribution in [0.25, 0.3) is 0 Å². The molecule has 0 heterocycles. The monoisotopic (exact) mass is 571 g/mol. The number of hydrogen-bond acceptors (Lipinski definition) is 10. The first kappa shape index (κ1) is 30.5. The van der Waals surface area contributed by atoms with Crippen molar-refractivity contribution < 1.29 is 39.5 Å². The predicted molar refractivity (Wildman–Crippen MR) is 151 cm³/mol. The van der Waals surface area contributed by atoms with E-state index in [4.69, 9.17) is 10.5 Å². The lowest BCUT2D eigenvalue weighted by molar-refractivity contribution is -0.148. The van der Waals surface area contributed by atoms with Crippen LogP contribution in [0.5, 0.6) is 11.5 Å².